The molecule has 15 heavy (non-hydrogen) atoms. The molecule has 0 saturated carbocycles. The van der Waals surface area contributed by atoms with E-state index < -0.39 is 0 Å². The summed E-state index contributed by atoms with van der Waals surface area (Å²) in [4.78, 5) is 4.25. The van der Waals surface area contributed by atoms with Crippen LogP contribution in [0.15, 0.2) is 29.9 Å². The number of halogens is 1. The maximum atomic E-state index is 5.37. The Morgan fingerprint density at radius 1 is 1.53 bits per heavy atom. The summed E-state index contributed by atoms with van der Waals surface area (Å²) in [6.45, 7) is 4.27. The number of rotatable bonds is 6. The molecule has 1 rings (SSSR count). The molecule has 0 fully saturated rings. The number of nitrogens with zero attached hydrogens (tertiary/aromatic N) is 1. The van der Waals surface area contributed by atoms with Crippen LogP contribution in [0.2, 0.25) is 0 Å². The van der Waals surface area contributed by atoms with Crippen LogP contribution in [0.5, 0.6) is 5.75 Å². The molecular weight excluding hydrogens is 212 g/mol. The Morgan fingerprint density at radius 3 is 3.00 bits per heavy atom. The van der Waals surface area contributed by atoms with Gasteiger partial charge in [0.05, 0.1) is 11.9 Å². The lowest BCUT2D eigenvalue weighted by Gasteiger charge is -2.04. The van der Waals surface area contributed by atoms with E-state index >= 15 is 0 Å². The zero-order chi connectivity index (χ0) is 10.9. The topological polar surface area (TPSA) is 34.1 Å². The van der Waals surface area contributed by atoms with E-state index in [4.69, 9.17) is 16.3 Å². The smallest absolute Gasteiger partial charge is 0.138 e. The first-order chi connectivity index (χ1) is 7.36. The van der Waals surface area contributed by atoms with E-state index in [9.17, 15) is 0 Å². The molecular formula is C11H15ClN2O. The number of hydrogen-bond donors (Lipinski definition) is 1. The van der Waals surface area contributed by atoms with E-state index in [0.29, 0.717) is 6.61 Å². The molecule has 4 heteroatoms. The molecule has 82 valence electrons. The van der Waals surface area contributed by atoms with Crippen molar-refractivity contribution >= 4 is 11.6 Å². The van der Waals surface area contributed by atoms with Crippen molar-refractivity contribution in [3.8, 4) is 5.75 Å². The summed E-state index contributed by atoms with van der Waals surface area (Å²) in [6, 6.07) is 3.85. The third kappa shape index (κ3) is 4.81. The lowest BCUT2D eigenvalue weighted by molar-refractivity contribution is 0.361. The van der Waals surface area contributed by atoms with Gasteiger partial charge < -0.3 is 10.1 Å². The van der Waals surface area contributed by atoms with Gasteiger partial charge in [0.2, 0.25) is 0 Å². The second kappa shape index (κ2) is 7.26. The molecule has 1 N–H and O–H groups in total. The first-order valence-corrected chi connectivity index (χ1v) is 5.34. The van der Waals surface area contributed by atoms with Gasteiger partial charge in [-0.2, -0.15) is 0 Å². The minimum atomic E-state index is 0.470. The predicted molar refractivity (Wildman–Crippen MR) is 62.1 cm³/mol. The van der Waals surface area contributed by atoms with E-state index in [1.165, 1.54) is 5.54 Å². The maximum absolute atomic E-state index is 5.37. The third-order valence-electron chi connectivity index (χ3n) is 1.79. The van der Waals surface area contributed by atoms with Gasteiger partial charge in [-0.25, -0.2) is 0 Å². The van der Waals surface area contributed by atoms with Crippen molar-refractivity contribution in [3.05, 3.63) is 35.6 Å². The summed E-state index contributed by atoms with van der Waals surface area (Å²) in [7, 11) is 0. The van der Waals surface area contributed by atoms with Crippen LogP contribution in [0, 0.1) is 0 Å². The Bertz CT molecular complexity index is 298. The lowest BCUT2D eigenvalue weighted by atomic mass is 10.3. The van der Waals surface area contributed by atoms with E-state index in [2.05, 4.69) is 17.2 Å². The van der Waals surface area contributed by atoms with Crippen molar-refractivity contribution in [1.82, 2.24) is 10.3 Å². The van der Waals surface area contributed by atoms with Crippen LogP contribution < -0.4 is 10.1 Å². The summed E-state index contributed by atoms with van der Waals surface area (Å²) in [5, 5.41) is 3.20. The monoisotopic (exact) mass is 226 g/mol. The number of pyridine rings is 1. The zero-order valence-corrected chi connectivity index (χ0v) is 9.50. The fourth-order valence-corrected chi connectivity index (χ4v) is 1.11. The molecule has 0 atom stereocenters. The molecule has 0 aromatic carbocycles. The van der Waals surface area contributed by atoms with Crippen LogP contribution in [0.3, 0.4) is 0 Å². The zero-order valence-electron chi connectivity index (χ0n) is 8.74. The van der Waals surface area contributed by atoms with Crippen LogP contribution in [0.1, 0.15) is 12.6 Å². The van der Waals surface area contributed by atoms with Crippen molar-refractivity contribution in [2.24, 2.45) is 0 Å². The van der Waals surface area contributed by atoms with Gasteiger partial charge in [-0.1, -0.05) is 18.5 Å². The van der Waals surface area contributed by atoms with Crippen LogP contribution in [-0.4, -0.2) is 18.1 Å². The van der Waals surface area contributed by atoms with E-state index in [0.717, 1.165) is 24.5 Å². The van der Waals surface area contributed by atoms with Crippen molar-refractivity contribution in [2.45, 2.75) is 13.5 Å². The molecule has 0 unspecified atom stereocenters. The molecule has 0 aliphatic carbocycles. The average Bonchev–Trinajstić information content (AvgIpc) is 2.28. The van der Waals surface area contributed by atoms with Crippen molar-refractivity contribution in [3.63, 3.8) is 0 Å². The molecule has 0 bridgehead atoms. The normalized spacial score (nSPS) is 10.8. The molecule has 0 radical (unpaired) electrons. The Kier molecular flexibility index (Phi) is 5.81. The van der Waals surface area contributed by atoms with E-state index in [1.54, 1.807) is 12.3 Å². The molecule has 1 heterocycles. The highest BCUT2D eigenvalue weighted by Gasteiger charge is 1.95. The number of ether oxygens (including phenoxy) is 1. The first-order valence-electron chi connectivity index (χ1n) is 4.90. The number of aromatic nitrogens is 1. The minimum absolute atomic E-state index is 0.470. The van der Waals surface area contributed by atoms with Gasteiger partial charge in [-0.15, -0.1) is 0 Å². The summed E-state index contributed by atoms with van der Waals surface area (Å²) in [6.07, 6.45) is 3.45. The highest BCUT2D eigenvalue weighted by Crippen LogP contribution is 2.08. The summed E-state index contributed by atoms with van der Waals surface area (Å²) >= 11 is 5.37. The Balaban J connectivity index is 2.41. The quantitative estimate of drug-likeness (QED) is 0.809. The second-order valence-corrected chi connectivity index (χ2v) is 3.19. The van der Waals surface area contributed by atoms with Crippen molar-refractivity contribution < 1.29 is 4.74 Å². The van der Waals surface area contributed by atoms with E-state index in [1.807, 2.05) is 12.1 Å². The average molecular weight is 227 g/mol. The highest BCUT2D eigenvalue weighted by atomic mass is 35.5. The lowest BCUT2D eigenvalue weighted by Crippen LogP contribution is -2.12. The summed E-state index contributed by atoms with van der Waals surface area (Å²) < 4.78 is 5.35. The first kappa shape index (κ1) is 12.0. The van der Waals surface area contributed by atoms with Gasteiger partial charge in [-0.05, 0) is 24.8 Å². The van der Waals surface area contributed by atoms with Gasteiger partial charge in [0, 0.05) is 12.1 Å². The molecule has 1 aromatic heterocycles. The molecule has 0 aliphatic rings. The van der Waals surface area contributed by atoms with Gasteiger partial charge >= 0.3 is 0 Å². The number of hydrogen-bond acceptors (Lipinski definition) is 3. The van der Waals surface area contributed by atoms with Crippen LogP contribution >= 0.6 is 11.6 Å². The van der Waals surface area contributed by atoms with E-state index in [-0.39, 0.29) is 0 Å². The minimum Gasteiger partial charge on any atom is -0.488 e. The van der Waals surface area contributed by atoms with Crippen LogP contribution in [0.4, 0.5) is 0 Å². The van der Waals surface area contributed by atoms with Gasteiger partial charge in [0.15, 0.2) is 0 Å². The molecule has 3 nitrogen and oxygen atoms in total. The fourth-order valence-electron chi connectivity index (χ4n) is 1.03. The molecule has 0 spiro atoms. The van der Waals surface area contributed by atoms with Gasteiger partial charge in [0.25, 0.3) is 0 Å². The van der Waals surface area contributed by atoms with Crippen molar-refractivity contribution in [1.29, 1.82) is 0 Å². The highest BCUT2D eigenvalue weighted by molar-refractivity contribution is 6.25. The Labute approximate surface area is 95.1 Å². The SMILES string of the molecule is CCNCc1ccc(OCC=CCl)cn1. The van der Waals surface area contributed by atoms with Crippen molar-refractivity contribution in [2.75, 3.05) is 13.2 Å². The third-order valence-corrected chi connectivity index (χ3v) is 1.97. The molecule has 0 aliphatic heterocycles. The maximum Gasteiger partial charge on any atom is 0.138 e. The second-order valence-electron chi connectivity index (χ2n) is 2.94. The molecule has 0 saturated heterocycles. The summed E-state index contributed by atoms with van der Waals surface area (Å²) in [5.74, 6) is 0.755. The summed E-state index contributed by atoms with van der Waals surface area (Å²) in [5.41, 5.74) is 2.45. The molecule has 1 aromatic rings. The standard InChI is InChI=1S/C11H15ClN2O/c1-2-13-8-10-4-5-11(9-14-10)15-7-3-6-12/h3-6,9,13H,2,7-8H2,1H3. The Morgan fingerprint density at radius 2 is 2.40 bits per heavy atom. The van der Waals surface area contributed by atoms with Gasteiger partial charge in [-0.3, -0.25) is 4.98 Å². The largest absolute Gasteiger partial charge is 0.488 e. The van der Waals surface area contributed by atoms with Gasteiger partial charge in [0.1, 0.15) is 12.4 Å². The van der Waals surface area contributed by atoms with Crippen LogP contribution in [0.25, 0.3) is 0 Å². The van der Waals surface area contributed by atoms with Crippen LogP contribution in [-0.2, 0) is 6.54 Å². The number of nitrogens with one attached hydrogen (secondary N) is 1. The predicted octanol–water partition coefficient (Wildman–Crippen LogP) is 2.32. The Hall–Kier alpha value is -1.06. The fraction of sp³-hybridized carbons (Fsp3) is 0.364. The molecule has 0 amide bonds.